The van der Waals surface area contributed by atoms with Gasteiger partial charge in [-0.1, -0.05) is 5.21 Å². The van der Waals surface area contributed by atoms with Crippen LogP contribution >= 0.6 is 11.3 Å². The van der Waals surface area contributed by atoms with Crippen molar-refractivity contribution in [3.63, 3.8) is 0 Å². The predicted octanol–water partition coefficient (Wildman–Crippen LogP) is 0.233. The van der Waals surface area contributed by atoms with Gasteiger partial charge in [0.25, 0.3) is 5.56 Å². The number of amides is 1. The molecule has 2 aliphatic rings. The molecule has 2 aliphatic heterocycles. The van der Waals surface area contributed by atoms with Crippen molar-refractivity contribution < 1.29 is 18.3 Å². The number of likely N-dealkylation sites (tertiary alicyclic amines) is 1. The summed E-state index contributed by atoms with van der Waals surface area (Å²) in [6.07, 6.45) is 2.34. The van der Waals surface area contributed by atoms with Crippen LogP contribution in [0.3, 0.4) is 0 Å². The molecule has 36 heavy (non-hydrogen) atoms. The maximum Gasteiger partial charge on any atom is 0.325 e. The minimum atomic E-state index is -3.36. The number of carbonyl (C=O) groups is 1. The van der Waals surface area contributed by atoms with E-state index >= 15 is 0 Å². The van der Waals surface area contributed by atoms with E-state index in [2.05, 4.69) is 20.3 Å². The molecule has 0 saturated carbocycles. The number of aryl methyl sites for hydroxylation is 1. The summed E-state index contributed by atoms with van der Waals surface area (Å²) < 4.78 is 27.3. The van der Waals surface area contributed by atoms with E-state index in [4.69, 9.17) is 0 Å². The van der Waals surface area contributed by atoms with Crippen LogP contribution in [-0.4, -0.2) is 67.6 Å². The van der Waals surface area contributed by atoms with Crippen molar-refractivity contribution in [2.45, 2.75) is 60.6 Å². The Morgan fingerprint density at radius 2 is 2.00 bits per heavy atom. The number of hydrogen-bond donors (Lipinski definition) is 3. The Kier molecular flexibility index (Phi) is 6.00. The van der Waals surface area contributed by atoms with Crippen molar-refractivity contribution in [1.29, 1.82) is 0 Å². The number of hydrogen-bond acceptors (Lipinski definition) is 9. The molecule has 0 radical (unpaired) electrons. The van der Waals surface area contributed by atoms with Gasteiger partial charge in [-0.3, -0.25) is 14.6 Å². The van der Waals surface area contributed by atoms with Gasteiger partial charge in [0, 0.05) is 29.9 Å². The zero-order valence-electron chi connectivity index (χ0n) is 19.7. The molecule has 192 valence electrons. The number of fused-ring (bicyclic) bond motifs is 1. The summed E-state index contributed by atoms with van der Waals surface area (Å²) in [7, 11) is -3.36. The maximum atomic E-state index is 12.8. The Balaban J connectivity index is 1.29. The normalized spacial score (nSPS) is 22.8. The number of aromatic nitrogens is 5. The summed E-state index contributed by atoms with van der Waals surface area (Å²) in [5, 5.41) is 20.9. The maximum absolute atomic E-state index is 12.8. The number of rotatable bonds is 4. The zero-order valence-corrected chi connectivity index (χ0v) is 21.4. The lowest BCUT2D eigenvalue weighted by Crippen LogP contribution is -2.46. The van der Waals surface area contributed by atoms with E-state index in [1.54, 1.807) is 41.1 Å². The van der Waals surface area contributed by atoms with Crippen LogP contribution in [0, 0.1) is 6.92 Å². The molecule has 1 fully saturated rings. The van der Waals surface area contributed by atoms with Crippen LogP contribution in [0.4, 0.5) is 0 Å². The minimum Gasteiger partial charge on any atom is -0.383 e. The monoisotopic (exact) mass is 534 g/mol. The molecule has 0 aliphatic carbocycles. The highest BCUT2D eigenvalue weighted by Gasteiger charge is 2.41. The largest absolute Gasteiger partial charge is 0.383 e. The van der Waals surface area contributed by atoms with Crippen LogP contribution in [0.15, 0.2) is 31.4 Å². The van der Waals surface area contributed by atoms with Crippen LogP contribution in [0.25, 0.3) is 0 Å². The molecule has 3 aromatic heterocycles. The summed E-state index contributed by atoms with van der Waals surface area (Å²) >= 11 is 1.20. The van der Waals surface area contributed by atoms with Crippen molar-refractivity contribution in [2.24, 2.45) is 0 Å². The lowest BCUT2D eigenvalue weighted by molar-refractivity contribution is -0.135. The van der Waals surface area contributed by atoms with Gasteiger partial charge < -0.3 is 15.0 Å². The highest BCUT2D eigenvalue weighted by Crippen LogP contribution is 2.41. The zero-order chi connectivity index (χ0) is 25.8. The van der Waals surface area contributed by atoms with Crippen molar-refractivity contribution >= 4 is 27.1 Å². The van der Waals surface area contributed by atoms with Gasteiger partial charge in [0.2, 0.25) is 5.91 Å². The van der Waals surface area contributed by atoms with Crippen molar-refractivity contribution in [1.82, 2.24) is 29.9 Å². The third-order valence-corrected chi connectivity index (χ3v) is 10.9. The molecule has 5 heterocycles. The van der Waals surface area contributed by atoms with Crippen molar-refractivity contribution in [2.75, 3.05) is 13.1 Å². The first-order valence-corrected chi connectivity index (χ1v) is 14.0. The van der Waals surface area contributed by atoms with Crippen LogP contribution in [0.1, 0.15) is 54.7 Å². The fraction of sp³-hybridized carbons (Fsp3) is 0.500. The number of thiophene rings is 1. The second-order valence-corrected chi connectivity index (χ2v) is 12.9. The average Bonchev–Trinajstić information content (AvgIpc) is 3.50. The SMILES string of the molecule is Cc1[nH]c(=O)[nH]c(=O)c1CC(=O)N1CCC(O)(c2cn([C@H]3C[C@H](C)S(=O)(=O)c4sccc43)nn2)CC1. The van der Waals surface area contributed by atoms with E-state index in [0.717, 1.165) is 0 Å². The van der Waals surface area contributed by atoms with E-state index < -0.39 is 31.9 Å². The van der Waals surface area contributed by atoms with Crippen LogP contribution in [0.5, 0.6) is 0 Å². The second kappa shape index (κ2) is 8.78. The van der Waals surface area contributed by atoms with Gasteiger partial charge in [-0.15, -0.1) is 16.4 Å². The molecule has 12 nitrogen and oxygen atoms in total. The Morgan fingerprint density at radius 3 is 2.69 bits per heavy atom. The molecule has 2 atom stereocenters. The van der Waals surface area contributed by atoms with E-state index in [0.29, 0.717) is 27.6 Å². The molecule has 1 amide bonds. The summed E-state index contributed by atoms with van der Waals surface area (Å²) in [6, 6.07) is 1.50. The fourth-order valence-corrected chi connectivity index (χ4v) is 8.12. The number of nitrogens with zero attached hydrogens (tertiary/aromatic N) is 4. The first kappa shape index (κ1) is 24.6. The van der Waals surface area contributed by atoms with Gasteiger partial charge in [0.05, 0.1) is 23.9 Å². The number of carbonyl (C=O) groups excluding carboxylic acids is 1. The number of sulfone groups is 1. The summed E-state index contributed by atoms with van der Waals surface area (Å²) in [5.41, 5.74) is -0.877. The third-order valence-electron chi connectivity index (χ3n) is 7.19. The van der Waals surface area contributed by atoms with Crippen LogP contribution in [0.2, 0.25) is 0 Å². The molecule has 3 aromatic rings. The number of piperidine rings is 1. The Morgan fingerprint density at radius 1 is 1.28 bits per heavy atom. The second-order valence-electron chi connectivity index (χ2n) is 9.46. The number of nitrogens with one attached hydrogen (secondary N) is 2. The van der Waals surface area contributed by atoms with Gasteiger partial charge >= 0.3 is 5.69 Å². The van der Waals surface area contributed by atoms with Gasteiger partial charge in [0.1, 0.15) is 15.5 Å². The van der Waals surface area contributed by atoms with E-state index in [-0.39, 0.29) is 49.9 Å². The lowest BCUT2D eigenvalue weighted by Gasteiger charge is -2.37. The molecule has 0 aromatic carbocycles. The molecule has 3 N–H and O–H groups in total. The quantitative estimate of drug-likeness (QED) is 0.427. The smallest absolute Gasteiger partial charge is 0.325 e. The molecule has 5 rings (SSSR count). The van der Waals surface area contributed by atoms with Gasteiger partial charge in [-0.25, -0.2) is 17.9 Å². The summed E-state index contributed by atoms with van der Waals surface area (Å²) in [5.74, 6) is -0.274. The van der Waals surface area contributed by atoms with E-state index in [9.17, 15) is 27.9 Å². The first-order chi connectivity index (χ1) is 17.0. The van der Waals surface area contributed by atoms with Gasteiger partial charge in [0.15, 0.2) is 9.84 Å². The number of aromatic amines is 2. The first-order valence-electron chi connectivity index (χ1n) is 11.6. The van der Waals surface area contributed by atoms with Crippen molar-refractivity contribution in [3.8, 4) is 0 Å². The topological polar surface area (TPSA) is 171 Å². The molecule has 0 unspecified atom stereocenters. The summed E-state index contributed by atoms with van der Waals surface area (Å²) in [6.45, 7) is 3.77. The standard InChI is InChI=1S/C22H26N6O6S2/c1-12-9-16(14-3-8-35-20(14)36(12,33)34)28-11-17(25-26-28)22(32)4-6-27(7-5-22)18(29)10-15-13(2)23-21(31)24-19(15)30/h3,8,11-12,16,32H,4-7,9-10H2,1-2H3,(H2,23,24,30,31)/t12-,16-/m0/s1. The van der Waals surface area contributed by atoms with Gasteiger partial charge in [-0.2, -0.15) is 0 Å². The highest BCUT2D eigenvalue weighted by molar-refractivity contribution is 7.94. The lowest BCUT2D eigenvalue weighted by atomic mass is 9.88. The van der Waals surface area contributed by atoms with Crippen LogP contribution in [-0.2, 0) is 26.7 Å². The van der Waals surface area contributed by atoms with Crippen molar-refractivity contribution in [3.05, 3.63) is 61.0 Å². The van der Waals surface area contributed by atoms with Crippen LogP contribution < -0.4 is 11.2 Å². The Bertz CT molecular complexity index is 1540. The molecule has 14 heteroatoms. The van der Waals surface area contributed by atoms with E-state index in [1.165, 1.54) is 11.3 Å². The average molecular weight is 535 g/mol. The molecular formula is C22H26N6O6S2. The predicted molar refractivity (Wildman–Crippen MR) is 130 cm³/mol. The molecular weight excluding hydrogens is 508 g/mol. The Labute approximate surface area is 209 Å². The molecule has 0 bridgehead atoms. The molecule has 1 saturated heterocycles. The number of H-pyrrole nitrogens is 2. The Hall–Kier alpha value is -3.10. The fourth-order valence-electron chi connectivity index (χ4n) is 4.91. The van der Waals surface area contributed by atoms with E-state index in [1.807, 2.05) is 0 Å². The minimum absolute atomic E-state index is 0.154. The summed E-state index contributed by atoms with van der Waals surface area (Å²) in [4.78, 5) is 42.5. The van der Waals surface area contributed by atoms with Gasteiger partial charge in [-0.05, 0) is 44.6 Å². The molecule has 0 spiro atoms. The highest BCUT2D eigenvalue weighted by atomic mass is 32.2. The number of aliphatic hydroxyl groups is 1. The third kappa shape index (κ3) is 4.12.